The number of amides is 1. The summed E-state index contributed by atoms with van der Waals surface area (Å²) in [6, 6.07) is 22.0. The summed E-state index contributed by atoms with van der Waals surface area (Å²) in [5, 5.41) is 3.09. The summed E-state index contributed by atoms with van der Waals surface area (Å²) in [4.78, 5) is 15.3. The second kappa shape index (κ2) is 11.0. The Kier molecular flexibility index (Phi) is 7.42. The van der Waals surface area contributed by atoms with Gasteiger partial charge in [-0.3, -0.25) is 9.69 Å². The first-order valence-electron chi connectivity index (χ1n) is 12.7. The molecule has 3 aromatic rings. The van der Waals surface area contributed by atoms with Crippen LogP contribution in [-0.4, -0.2) is 37.8 Å². The van der Waals surface area contributed by atoms with E-state index in [-0.39, 0.29) is 11.9 Å². The summed E-state index contributed by atoms with van der Waals surface area (Å²) >= 11 is 0. The van der Waals surface area contributed by atoms with Gasteiger partial charge >= 0.3 is 0 Å². The second-order valence-electron chi connectivity index (χ2n) is 9.78. The van der Waals surface area contributed by atoms with Gasteiger partial charge in [0.1, 0.15) is 5.75 Å². The molecule has 0 radical (unpaired) electrons. The van der Waals surface area contributed by atoms with Crippen LogP contribution in [0.25, 0.3) is 0 Å². The standard InChI is InChI=1S/C30H34N2O4/c1-21(26-4-3-5-27(18-26)34-2)31-30(33)25-9-6-22(7-10-25)16-23-12-14-32(15-13-23)19-24-8-11-28-29(17-24)36-20-35-28/h3-11,17-18,21,23H,12-16,19-20H2,1-2H3,(H,31,33)/t21-/m1/s1. The molecule has 0 unspecified atom stereocenters. The van der Waals surface area contributed by atoms with Gasteiger partial charge in [-0.2, -0.15) is 0 Å². The number of carbonyl (C=O) groups excluding carboxylic acids is 1. The number of methoxy groups -OCH3 is 1. The molecule has 1 fully saturated rings. The Labute approximate surface area is 213 Å². The number of nitrogens with zero attached hydrogens (tertiary/aromatic N) is 1. The minimum absolute atomic E-state index is 0.0614. The molecule has 0 saturated carbocycles. The molecular weight excluding hydrogens is 452 g/mol. The van der Waals surface area contributed by atoms with Crippen molar-refractivity contribution in [3.8, 4) is 17.2 Å². The molecule has 0 spiro atoms. The molecule has 188 valence electrons. The lowest BCUT2D eigenvalue weighted by Crippen LogP contribution is -2.33. The average molecular weight is 487 g/mol. The van der Waals surface area contributed by atoms with Crippen molar-refractivity contribution in [1.82, 2.24) is 10.2 Å². The Morgan fingerprint density at radius 3 is 2.53 bits per heavy atom. The number of hydrogen-bond donors (Lipinski definition) is 1. The van der Waals surface area contributed by atoms with Crippen molar-refractivity contribution in [2.45, 2.75) is 38.8 Å². The third-order valence-electron chi connectivity index (χ3n) is 7.23. The molecule has 2 aliphatic rings. The fourth-order valence-electron chi connectivity index (χ4n) is 5.05. The summed E-state index contributed by atoms with van der Waals surface area (Å²) in [7, 11) is 1.65. The molecule has 1 amide bonds. The molecule has 3 aromatic carbocycles. The number of fused-ring (bicyclic) bond motifs is 1. The summed E-state index contributed by atoms with van der Waals surface area (Å²) < 4.78 is 16.2. The Morgan fingerprint density at radius 2 is 1.75 bits per heavy atom. The SMILES string of the molecule is COc1cccc([C@@H](C)NC(=O)c2ccc(CC3CCN(Cc4ccc5c(c4)OCO5)CC3)cc2)c1. The van der Waals surface area contributed by atoms with Crippen LogP contribution in [0.5, 0.6) is 17.2 Å². The van der Waals surface area contributed by atoms with Crippen LogP contribution in [0.3, 0.4) is 0 Å². The van der Waals surface area contributed by atoms with E-state index in [4.69, 9.17) is 14.2 Å². The number of ether oxygens (including phenoxy) is 3. The van der Waals surface area contributed by atoms with Gasteiger partial charge < -0.3 is 19.5 Å². The van der Waals surface area contributed by atoms with Crippen molar-refractivity contribution >= 4 is 5.91 Å². The molecule has 0 aliphatic carbocycles. The van der Waals surface area contributed by atoms with Crippen molar-refractivity contribution in [3.63, 3.8) is 0 Å². The maximum Gasteiger partial charge on any atom is 0.251 e. The molecule has 6 nitrogen and oxygen atoms in total. The van der Waals surface area contributed by atoms with Crippen LogP contribution < -0.4 is 19.5 Å². The lowest BCUT2D eigenvalue weighted by molar-refractivity contribution is 0.0939. The van der Waals surface area contributed by atoms with Gasteiger partial charge in [0.2, 0.25) is 6.79 Å². The topological polar surface area (TPSA) is 60.0 Å². The Balaban J connectivity index is 1.09. The zero-order chi connectivity index (χ0) is 24.9. The van der Waals surface area contributed by atoms with Gasteiger partial charge in [-0.1, -0.05) is 30.3 Å². The van der Waals surface area contributed by atoms with Crippen LogP contribution >= 0.6 is 0 Å². The molecule has 5 rings (SSSR count). The number of carbonyl (C=O) groups is 1. The highest BCUT2D eigenvalue weighted by atomic mass is 16.7. The summed E-state index contributed by atoms with van der Waals surface area (Å²) in [6.07, 6.45) is 3.43. The van der Waals surface area contributed by atoms with Crippen molar-refractivity contribution < 1.29 is 19.0 Å². The number of hydrogen-bond acceptors (Lipinski definition) is 5. The van der Waals surface area contributed by atoms with Gasteiger partial charge in [-0.05, 0) is 98.3 Å². The highest BCUT2D eigenvalue weighted by molar-refractivity contribution is 5.94. The van der Waals surface area contributed by atoms with E-state index in [1.54, 1.807) is 7.11 Å². The van der Waals surface area contributed by atoms with E-state index in [1.807, 2.05) is 49.4 Å². The monoisotopic (exact) mass is 486 g/mol. The summed E-state index contributed by atoms with van der Waals surface area (Å²) in [5.74, 6) is 3.10. The minimum Gasteiger partial charge on any atom is -0.497 e. The van der Waals surface area contributed by atoms with Gasteiger partial charge in [-0.15, -0.1) is 0 Å². The van der Waals surface area contributed by atoms with E-state index in [2.05, 4.69) is 34.5 Å². The molecule has 0 bridgehead atoms. The van der Waals surface area contributed by atoms with Crippen molar-refractivity contribution in [2.75, 3.05) is 27.0 Å². The fourth-order valence-corrected chi connectivity index (χ4v) is 5.05. The predicted octanol–water partition coefficient (Wildman–Crippen LogP) is 5.37. The second-order valence-corrected chi connectivity index (χ2v) is 9.78. The van der Waals surface area contributed by atoms with Gasteiger partial charge in [0.15, 0.2) is 11.5 Å². The molecular formula is C30H34N2O4. The first-order chi connectivity index (χ1) is 17.6. The van der Waals surface area contributed by atoms with E-state index >= 15 is 0 Å². The normalized spacial score (nSPS) is 16.5. The largest absolute Gasteiger partial charge is 0.497 e. The molecule has 1 N–H and O–H groups in total. The lowest BCUT2D eigenvalue weighted by atomic mass is 9.89. The highest BCUT2D eigenvalue weighted by Gasteiger charge is 2.21. The minimum atomic E-state index is -0.102. The number of nitrogens with one attached hydrogen (secondary N) is 1. The average Bonchev–Trinajstić information content (AvgIpc) is 3.38. The third-order valence-corrected chi connectivity index (χ3v) is 7.23. The van der Waals surface area contributed by atoms with Gasteiger partial charge in [0, 0.05) is 12.1 Å². The van der Waals surface area contributed by atoms with E-state index in [9.17, 15) is 4.79 Å². The van der Waals surface area contributed by atoms with E-state index in [1.165, 1.54) is 24.0 Å². The van der Waals surface area contributed by atoms with Gasteiger partial charge in [0.25, 0.3) is 5.91 Å². The van der Waals surface area contributed by atoms with Crippen LogP contribution in [0.1, 0.15) is 52.9 Å². The molecule has 6 heteroatoms. The van der Waals surface area contributed by atoms with Crippen molar-refractivity contribution in [3.05, 3.63) is 89.0 Å². The first kappa shape index (κ1) is 24.2. The number of likely N-dealkylation sites (tertiary alicyclic amines) is 1. The smallest absolute Gasteiger partial charge is 0.251 e. The van der Waals surface area contributed by atoms with Gasteiger partial charge in [0.05, 0.1) is 13.2 Å². The zero-order valence-electron chi connectivity index (χ0n) is 21.0. The van der Waals surface area contributed by atoms with Crippen LogP contribution in [0.15, 0.2) is 66.7 Å². The van der Waals surface area contributed by atoms with Crippen LogP contribution in [0.2, 0.25) is 0 Å². The van der Waals surface area contributed by atoms with E-state index in [0.29, 0.717) is 18.3 Å². The summed E-state index contributed by atoms with van der Waals surface area (Å²) in [5.41, 5.74) is 4.27. The quantitative estimate of drug-likeness (QED) is 0.464. The highest BCUT2D eigenvalue weighted by Crippen LogP contribution is 2.33. The lowest BCUT2D eigenvalue weighted by Gasteiger charge is -2.32. The van der Waals surface area contributed by atoms with Crippen molar-refractivity contribution in [2.24, 2.45) is 5.92 Å². The maximum atomic E-state index is 12.8. The van der Waals surface area contributed by atoms with Crippen molar-refractivity contribution in [1.29, 1.82) is 0 Å². The molecule has 36 heavy (non-hydrogen) atoms. The summed E-state index contributed by atoms with van der Waals surface area (Å²) in [6.45, 7) is 5.45. The number of rotatable bonds is 8. The third kappa shape index (κ3) is 5.82. The first-order valence-corrected chi connectivity index (χ1v) is 12.7. The molecule has 1 saturated heterocycles. The van der Waals surface area contributed by atoms with E-state index < -0.39 is 0 Å². The number of piperidine rings is 1. The molecule has 0 aromatic heterocycles. The number of benzene rings is 3. The fraction of sp³-hybridized carbons (Fsp3) is 0.367. The maximum absolute atomic E-state index is 12.8. The Hall–Kier alpha value is -3.51. The Morgan fingerprint density at radius 1 is 1.00 bits per heavy atom. The van der Waals surface area contributed by atoms with Gasteiger partial charge in [-0.25, -0.2) is 0 Å². The van der Waals surface area contributed by atoms with Crippen LogP contribution in [0.4, 0.5) is 0 Å². The van der Waals surface area contributed by atoms with E-state index in [0.717, 1.165) is 48.9 Å². The Bertz CT molecular complexity index is 1190. The van der Waals surface area contributed by atoms with Crippen LogP contribution in [0, 0.1) is 5.92 Å². The predicted molar refractivity (Wildman–Crippen MR) is 140 cm³/mol. The zero-order valence-corrected chi connectivity index (χ0v) is 21.0. The molecule has 1 atom stereocenters. The van der Waals surface area contributed by atoms with Crippen LogP contribution in [-0.2, 0) is 13.0 Å². The molecule has 2 aliphatic heterocycles. The molecule has 2 heterocycles.